The number of likely N-dealkylation sites (tertiary alicyclic amines) is 1. The Hall–Kier alpha value is -0.670. The van der Waals surface area contributed by atoms with Crippen LogP contribution in [0.4, 0.5) is 0 Å². The number of benzene rings is 1. The summed E-state index contributed by atoms with van der Waals surface area (Å²) in [4.78, 5) is 2.14. The standard InChI is InChI=1S/C16H23ClN2O4S2/c1-24(20,21)14-6-7-15(17)16(11-14)25(22,23)19-10-4-5-13(19)12-18-8-2-3-9-18/h6-7,11,13H,2-5,8-10,12H2,1H3/t13-/m1/s1. The second-order valence-corrected chi connectivity index (χ2v) is 11.1. The van der Waals surface area contributed by atoms with E-state index >= 15 is 0 Å². The highest BCUT2D eigenvalue weighted by Gasteiger charge is 2.37. The average Bonchev–Trinajstić information content (AvgIpc) is 3.18. The molecule has 2 saturated heterocycles. The zero-order valence-electron chi connectivity index (χ0n) is 14.2. The van der Waals surface area contributed by atoms with Gasteiger partial charge in [-0.1, -0.05) is 11.6 Å². The molecule has 1 aromatic carbocycles. The van der Waals surface area contributed by atoms with E-state index in [9.17, 15) is 16.8 Å². The third kappa shape index (κ3) is 4.03. The fraction of sp³-hybridized carbons (Fsp3) is 0.625. The molecule has 2 aliphatic rings. The van der Waals surface area contributed by atoms with Gasteiger partial charge in [0.1, 0.15) is 4.90 Å². The average molecular weight is 407 g/mol. The summed E-state index contributed by atoms with van der Waals surface area (Å²) in [5, 5.41) is 0.0548. The predicted octanol–water partition coefficient (Wildman–Crippen LogP) is 1.99. The van der Waals surface area contributed by atoms with E-state index in [0.29, 0.717) is 6.54 Å². The summed E-state index contributed by atoms with van der Waals surface area (Å²) < 4.78 is 51.4. The Morgan fingerprint density at radius 1 is 1.08 bits per heavy atom. The van der Waals surface area contributed by atoms with Gasteiger partial charge in [-0.25, -0.2) is 16.8 Å². The van der Waals surface area contributed by atoms with Gasteiger partial charge in [0.15, 0.2) is 9.84 Å². The number of nitrogens with zero attached hydrogens (tertiary/aromatic N) is 2. The molecule has 2 heterocycles. The van der Waals surface area contributed by atoms with E-state index in [1.807, 2.05) is 0 Å². The molecule has 0 N–H and O–H groups in total. The third-order valence-electron chi connectivity index (χ3n) is 4.91. The molecule has 1 atom stereocenters. The van der Waals surface area contributed by atoms with Crippen molar-refractivity contribution in [2.75, 3.05) is 32.4 Å². The van der Waals surface area contributed by atoms with Gasteiger partial charge in [0.2, 0.25) is 10.0 Å². The first-order valence-electron chi connectivity index (χ1n) is 8.43. The molecule has 0 aliphatic carbocycles. The maximum atomic E-state index is 13.1. The van der Waals surface area contributed by atoms with Crippen LogP contribution in [0.1, 0.15) is 25.7 Å². The van der Waals surface area contributed by atoms with Crippen molar-refractivity contribution < 1.29 is 16.8 Å². The van der Waals surface area contributed by atoms with E-state index in [-0.39, 0.29) is 20.9 Å². The van der Waals surface area contributed by atoms with E-state index in [2.05, 4.69) is 4.90 Å². The smallest absolute Gasteiger partial charge is 0.244 e. The summed E-state index contributed by atoms with van der Waals surface area (Å²) in [6.45, 7) is 3.19. The number of hydrogen-bond donors (Lipinski definition) is 0. The SMILES string of the molecule is CS(=O)(=O)c1ccc(Cl)c(S(=O)(=O)N2CCC[C@@H]2CN2CCCC2)c1. The molecule has 9 heteroatoms. The lowest BCUT2D eigenvalue weighted by molar-refractivity contribution is 0.257. The molecule has 0 amide bonds. The fourth-order valence-electron chi connectivity index (χ4n) is 3.61. The Balaban J connectivity index is 1.92. The minimum absolute atomic E-state index is 0.0363. The molecule has 2 aliphatic heterocycles. The molecule has 2 fully saturated rings. The first-order chi connectivity index (χ1) is 11.7. The lowest BCUT2D eigenvalue weighted by atomic mass is 10.2. The Morgan fingerprint density at radius 2 is 1.76 bits per heavy atom. The van der Waals surface area contributed by atoms with Crippen molar-refractivity contribution in [3.8, 4) is 0 Å². The van der Waals surface area contributed by atoms with Crippen molar-refractivity contribution in [1.82, 2.24) is 9.21 Å². The van der Waals surface area contributed by atoms with Gasteiger partial charge < -0.3 is 4.90 Å². The number of hydrogen-bond acceptors (Lipinski definition) is 5. The summed E-state index contributed by atoms with van der Waals surface area (Å²) in [5.74, 6) is 0. The predicted molar refractivity (Wildman–Crippen MR) is 97.1 cm³/mol. The van der Waals surface area contributed by atoms with Gasteiger partial charge in [-0.15, -0.1) is 0 Å². The number of sulfonamides is 1. The van der Waals surface area contributed by atoms with Crippen LogP contribution in [0.5, 0.6) is 0 Å². The van der Waals surface area contributed by atoms with Crippen molar-refractivity contribution >= 4 is 31.5 Å². The molecule has 6 nitrogen and oxygen atoms in total. The zero-order valence-corrected chi connectivity index (χ0v) is 16.6. The van der Waals surface area contributed by atoms with E-state index < -0.39 is 19.9 Å². The van der Waals surface area contributed by atoms with E-state index in [4.69, 9.17) is 11.6 Å². The largest absolute Gasteiger partial charge is 0.302 e. The molecule has 0 unspecified atom stereocenters. The normalized spacial score (nSPS) is 23.4. The van der Waals surface area contributed by atoms with Crippen molar-refractivity contribution in [3.05, 3.63) is 23.2 Å². The van der Waals surface area contributed by atoms with Crippen LogP contribution >= 0.6 is 11.6 Å². The van der Waals surface area contributed by atoms with Crippen molar-refractivity contribution in [2.24, 2.45) is 0 Å². The van der Waals surface area contributed by atoms with Crippen molar-refractivity contribution in [2.45, 2.75) is 41.5 Å². The van der Waals surface area contributed by atoms with Gasteiger partial charge in [-0.2, -0.15) is 4.31 Å². The summed E-state index contributed by atoms with van der Waals surface area (Å²) >= 11 is 6.12. The Bertz CT molecular complexity index is 849. The molecule has 3 rings (SSSR count). The molecular weight excluding hydrogens is 384 g/mol. The first-order valence-corrected chi connectivity index (χ1v) is 12.1. The van der Waals surface area contributed by atoms with Gasteiger partial charge in [-0.05, 0) is 57.0 Å². The van der Waals surface area contributed by atoms with E-state index in [1.165, 1.54) is 22.5 Å². The van der Waals surface area contributed by atoms with Crippen LogP contribution in [0, 0.1) is 0 Å². The molecular formula is C16H23ClN2O4S2. The minimum Gasteiger partial charge on any atom is -0.302 e. The molecule has 0 saturated carbocycles. The highest BCUT2D eigenvalue weighted by Crippen LogP contribution is 2.32. The molecule has 0 radical (unpaired) electrons. The van der Waals surface area contributed by atoms with Crippen LogP contribution in [0.2, 0.25) is 5.02 Å². The topological polar surface area (TPSA) is 74.8 Å². The molecule has 140 valence electrons. The Labute approximate surface area is 154 Å². The highest BCUT2D eigenvalue weighted by atomic mass is 35.5. The van der Waals surface area contributed by atoms with Crippen LogP contribution in [0.15, 0.2) is 28.0 Å². The second-order valence-electron chi connectivity index (χ2n) is 6.78. The van der Waals surface area contributed by atoms with Gasteiger partial charge in [0, 0.05) is 25.4 Å². The van der Waals surface area contributed by atoms with Gasteiger partial charge >= 0.3 is 0 Å². The number of rotatable bonds is 5. The number of sulfone groups is 1. The Kier molecular flexibility index (Phi) is 5.46. The van der Waals surface area contributed by atoms with Gasteiger partial charge in [0.05, 0.1) is 9.92 Å². The van der Waals surface area contributed by atoms with Crippen LogP contribution in [0.25, 0.3) is 0 Å². The third-order valence-corrected chi connectivity index (χ3v) is 8.45. The monoisotopic (exact) mass is 406 g/mol. The summed E-state index contributed by atoms with van der Waals surface area (Å²) in [7, 11) is -7.34. The van der Waals surface area contributed by atoms with Crippen LogP contribution in [-0.4, -0.2) is 64.5 Å². The van der Waals surface area contributed by atoms with Gasteiger partial charge in [0.25, 0.3) is 0 Å². The maximum absolute atomic E-state index is 13.1. The van der Waals surface area contributed by atoms with E-state index in [0.717, 1.165) is 51.6 Å². The summed E-state index contributed by atoms with van der Waals surface area (Å²) in [6.07, 6.45) is 4.99. The summed E-state index contributed by atoms with van der Waals surface area (Å²) in [6, 6.07) is 3.78. The van der Waals surface area contributed by atoms with Crippen molar-refractivity contribution in [1.29, 1.82) is 0 Å². The maximum Gasteiger partial charge on any atom is 0.244 e. The first kappa shape index (κ1) is 19.1. The molecule has 25 heavy (non-hydrogen) atoms. The van der Waals surface area contributed by atoms with Crippen LogP contribution in [0.3, 0.4) is 0 Å². The molecule has 0 aromatic heterocycles. The lowest BCUT2D eigenvalue weighted by Crippen LogP contribution is -2.42. The summed E-state index contributed by atoms with van der Waals surface area (Å²) in [5.41, 5.74) is 0. The Morgan fingerprint density at radius 3 is 2.40 bits per heavy atom. The quantitative estimate of drug-likeness (QED) is 0.747. The number of halogens is 1. The fourth-order valence-corrected chi connectivity index (χ4v) is 6.52. The lowest BCUT2D eigenvalue weighted by Gasteiger charge is -2.28. The zero-order chi connectivity index (χ0) is 18.2. The van der Waals surface area contributed by atoms with Crippen LogP contribution in [-0.2, 0) is 19.9 Å². The minimum atomic E-state index is -3.83. The second kappa shape index (κ2) is 7.15. The molecule has 0 spiro atoms. The highest BCUT2D eigenvalue weighted by molar-refractivity contribution is 7.91. The van der Waals surface area contributed by atoms with E-state index in [1.54, 1.807) is 0 Å². The van der Waals surface area contributed by atoms with Gasteiger partial charge in [-0.3, -0.25) is 0 Å². The van der Waals surface area contributed by atoms with Crippen LogP contribution < -0.4 is 0 Å². The van der Waals surface area contributed by atoms with Crippen molar-refractivity contribution in [3.63, 3.8) is 0 Å². The molecule has 0 bridgehead atoms. The molecule has 1 aromatic rings.